The molecule has 4 rings (SSSR count). The molecule has 1 aromatic heterocycles. The summed E-state index contributed by atoms with van der Waals surface area (Å²) >= 11 is 0. The van der Waals surface area contributed by atoms with E-state index in [0.717, 1.165) is 12.4 Å². The average molecular weight is 285 g/mol. The van der Waals surface area contributed by atoms with Crippen molar-refractivity contribution in [2.45, 2.75) is 18.9 Å². The maximum Gasteiger partial charge on any atom is 0.147 e. The zero-order chi connectivity index (χ0) is 10.1. The molecule has 0 aromatic carbocycles. The molecule has 0 amide bonds. The van der Waals surface area contributed by atoms with Crippen LogP contribution in [0.1, 0.15) is 12.8 Å². The number of nitrogens with zero attached hydrogens (tertiary/aromatic N) is 4. The van der Waals surface area contributed by atoms with Crippen molar-refractivity contribution >= 4 is 22.8 Å². The number of halogens is 1. The summed E-state index contributed by atoms with van der Waals surface area (Å²) < 4.78 is 0. The highest BCUT2D eigenvalue weighted by atomic mass is 79.9. The predicted molar refractivity (Wildman–Crippen MR) is 69.2 cm³/mol. The summed E-state index contributed by atoms with van der Waals surface area (Å²) in [4.78, 5) is 13.5. The van der Waals surface area contributed by atoms with Gasteiger partial charge < -0.3 is 9.80 Å². The van der Waals surface area contributed by atoms with Crippen LogP contribution < -0.4 is 4.90 Å². The lowest BCUT2D eigenvalue weighted by molar-refractivity contribution is 0.250. The van der Waals surface area contributed by atoms with Crippen LogP contribution in [0.4, 0.5) is 5.82 Å². The van der Waals surface area contributed by atoms with Gasteiger partial charge in [-0.05, 0) is 12.8 Å². The number of anilines is 1. The van der Waals surface area contributed by atoms with Crippen molar-refractivity contribution in [3.8, 4) is 0 Å². The third-order valence-corrected chi connectivity index (χ3v) is 3.50. The third kappa shape index (κ3) is 2.20. The van der Waals surface area contributed by atoms with E-state index < -0.39 is 0 Å². The zero-order valence-electron chi connectivity index (χ0n) is 9.25. The number of hydrogen-bond donors (Lipinski definition) is 0. The minimum absolute atomic E-state index is 0. The summed E-state index contributed by atoms with van der Waals surface area (Å²) in [7, 11) is 0. The normalized spacial score (nSPS) is 28.4. The first-order valence-corrected chi connectivity index (χ1v) is 5.68. The first-order valence-electron chi connectivity index (χ1n) is 5.68. The number of aromatic nitrogens is 2. The Bertz CT molecular complexity index is 324. The van der Waals surface area contributed by atoms with E-state index >= 15 is 0 Å². The summed E-state index contributed by atoms with van der Waals surface area (Å²) in [5, 5.41) is 0. The first-order chi connectivity index (χ1) is 7.43. The Morgan fingerprint density at radius 2 is 1.88 bits per heavy atom. The monoisotopic (exact) mass is 284 g/mol. The molecule has 0 unspecified atom stereocenters. The Kier molecular flexibility index (Phi) is 3.76. The van der Waals surface area contributed by atoms with Crippen LogP contribution in [-0.2, 0) is 0 Å². The van der Waals surface area contributed by atoms with Crippen molar-refractivity contribution in [3.63, 3.8) is 0 Å². The standard InChI is InChI=1S/C11H16N4.BrH/c1-5-14-6-2-10(1)15(8-7-14)11-9-12-3-4-13-11;/h3-4,9-10H,1-2,5-8H2;1H. The van der Waals surface area contributed by atoms with Gasteiger partial charge in [-0.2, -0.15) is 0 Å². The Balaban J connectivity index is 0.000000963. The fourth-order valence-electron chi connectivity index (χ4n) is 2.63. The fourth-order valence-corrected chi connectivity index (χ4v) is 2.63. The van der Waals surface area contributed by atoms with Crippen LogP contribution in [0.5, 0.6) is 0 Å². The highest BCUT2D eigenvalue weighted by molar-refractivity contribution is 8.93. The van der Waals surface area contributed by atoms with E-state index in [9.17, 15) is 0 Å². The van der Waals surface area contributed by atoms with Crippen molar-refractivity contribution < 1.29 is 0 Å². The molecule has 1 aromatic rings. The molecule has 0 radical (unpaired) electrons. The molecule has 4 heterocycles. The Morgan fingerprint density at radius 3 is 2.56 bits per heavy atom. The second-order valence-corrected chi connectivity index (χ2v) is 4.33. The molecule has 2 bridgehead atoms. The van der Waals surface area contributed by atoms with Crippen LogP contribution in [0.3, 0.4) is 0 Å². The zero-order valence-corrected chi connectivity index (χ0v) is 11.0. The molecular weight excluding hydrogens is 268 g/mol. The molecule has 4 nitrogen and oxygen atoms in total. The van der Waals surface area contributed by atoms with Crippen LogP contribution >= 0.6 is 17.0 Å². The van der Waals surface area contributed by atoms with Gasteiger partial charge in [0.15, 0.2) is 0 Å². The van der Waals surface area contributed by atoms with Crippen LogP contribution in [0.25, 0.3) is 0 Å². The summed E-state index contributed by atoms with van der Waals surface area (Å²) in [5.41, 5.74) is 0. The Morgan fingerprint density at radius 1 is 1.06 bits per heavy atom. The molecule has 3 saturated heterocycles. The van der Waals surface area contributed by atoms with Gasteiger partial charge in [0.1, 0.15) is 5.82 Å². The van der Waals surface area contributed by atoms with Crippen molar-refractivity contribution in [1.29, 1.82) is 0 Å². The molecule has 3 fully saturated rings. The van der Waals surface area contributed by atoms with E-state index in [1.807, 2.05) is 6.20 Å². The number of rotatable bonds is 1. The van der Waals surface area contributed by atoms with Gasteiger partial charge in [0, 0.05) is 44.6 Å². The molecule has 0 atom stereocenters. The van der Waals surface area contributed by atoms with Gasteiger partial charge in [0.05, 0.1) is 6.20 Å². The second kappa shape index (κ2) is 5.10. The SMILES string of the molecule is Br.c1cnc(N2CCN3CCC2CC3)cn1. The summed E-state index contributed by atoms with van der Waals surface area (Å²) in [5.74, 6) is 1.05. The van der Waals surface area contributed by atoms with Gasteiger partial charge in [0.2, 0.25) is 0 Å². The van der Waals surface area contributed by atoms with Crippen molar-refractivity contribution in [2.75, 3.05) is 31.1 Å². The minimum atomic E-state index is 0. The first kappa shape index (κ1) is 11.8. The van der Waals surface area contributed by atoms with E-state index in [4.69, 9.17) is 0 Å². The Labute approximate surface area is 106 Å². The number of fused-ring (bicyclic) bond motifs is 4. The topological polar surface area (TPSA) is 32.3 Å². The molecular formula is C11H17BrN4. The van der Waals surface area contributed by atoms with E-state index in [1.165, 1.54) is 32.5 Å². The van der Waals surface area contributed by atoms with Gasteiger partial charge in [-0.1, -0.05) is 0 Å². The third-order valence-electron chi connectivity index (χ3n) is 3.50. The highest BCUT2D eigenvalue weighted by Gasteiger charge is 2.29. The molecule has 88 valence electrons. The van der Waals surface area contributed by atoms with Gasteiger partial charge in [-0.3, -0.25) is 4.98 Å². The Hall–Kier alpha value is -0.680. The quantitative estimate of drug-likeness (QED) is 0.779. The fraction of sp³-hybridized carbons (Fsp3) is 0.636. The minimum Gasteiger partial charge on any atom is -0.351 e. The lowest BCUT2D eigenvalue weighted by Gasteiger charge is -2.31. The average Bonchev–Trinajstić information content (AvgIpc) is 2.63. The predicted octanol–water partition coefficient (Wildman–Crippen LogP) is 1.34. The van der Waals surface area contributed by atoms with Gasteiger partial charge in [-0.25, -0.2) is 4.98 Å². The summed E-state index contributed by atoms with van der Waals surface area (Å²) in [6.45, 7) is 4.78. The lowest BCUT2D eigenvalue weighted by atomic mass is 10.1. The van der Waals surface area contributed by atoms with Crippen molar-refractivity contribution in [2.24, 2.45) is 0 Å². The largest absolute Gasteiger partial charge is 0.351 e. The van der Waals surface area contributed by atoms with Crippen LogP contribution in [0, 0.1) is 0 Å². The van der Waals surface area contributed by atoms with E-state index in [0.29, 0.717) is 6.04 Å². The number of piperidine rings is 1. The molecule has 0 spiro atoms. The smallest absolute Gasteiger partial charge is 0.147 e. The van der Waals surface area contributed by atoms with Gasteiger partial charge >= 0.3 is 0 Å². The molecule has 3 aliphatic heterocycles. The van der Waals surface area contributed by atoms with E-state index in [1.54, 1.807) is 12.4 Å². The van der Waals surface area contributed by atoms with Gasteiger partial charge in [0.25, 0.3) is 0 Å². The molecule has 0 aliphatic carbocycles. The maximum absolute atomic E-state index is 4.41. The summed E-state index contributed by atoms with van der Waals surface area (Å²) in [6.07, 6.45) is 7.95. The van der Waals surface area contributed by atoms with Crippen LogP contribution in [-0.4, -0.2) is 47.1 Å². The molecule has 16 heavy (non-hydrogen) atoms. The summed E-state index contributed by atoms with van der Waals surface area (Å²) in [6, 6.07) is 0.681. The van der Waals surface area contributed by atoms with Crippen molar-refractivity contribution in [1.82, 2.24) is 14.9 Å². The van der Waals surface area contributed by atoms with Crippen LogP contribution in [0.15, 0.2) is 18.6 Å². The molecule has 0 saturated carbocycles. The van der Waals surface area contributed by atoms with E-state index in [-0.39, 0.29) is 17.0 Å². The molecule has 3 aliphatic rings. The van der Waals surface area contributed by atoms with Crippen LogP contribution in [0.2, 0.25) is 0 Å². The lowest BCUT2D eigenvalue weighted by Crippen LogP contribution is -2.38. The molecule has 0 N–H and O–H groups in total. The van der Waals surface area contributed by atoms with Gasteiger partial charge in [-0.15, -0.1) is 17.0 Å². The van der Waals surface area contributed by atoms with Crippen molar-refractivity contribution in [3.05, 3.63) is 18.6 Å². The maximum atomic E-state index is 4.41. The van der Waals surface area contributed by atoms with E-state index in [2.05, 4.69) is 19.8 Å². The highest BCUT2D eigenvalue weighted by Crippen LogP contribution is 2.24. The number of hydrogen-bond acceptors (Lipinski definition) is 4. The molecule has 5 heteroatoms. The second-order valence-electron chi connectivity index (χ2n) is 4.33.